The van der Waals surface area contributed by atoms with Gasteiger partial charge >= 0.3 is 0 Å². The van der Waals surface area contributed by atoms with Gasteiger partial charge < -0.3 is 9.47 Å². The molecule has 0 aromatic heterocycles. The Morgan fingerprint density at radius 2 is 2.29 bits per heavy atom. The average molecular weight is 297 g/mol. The molecule has 1 aromatic rings. The first kappa shape index (κ1) is 11.2. The molecular weight excluding hydrogens is 284 g/mol. The number of benzene rings is 1. The Kier molecular flexibility index (Phi) is 2.52. The van der Waals surface area contributed by atoms with Crippen LogP contribution in [0.25, 0.3) is 0 Å². The molecule has 2 heterocycles. The zero-order valence-electron chi connectivity index (χ0n) is 9.53. The predicted octanol–water partition coefficient (Wildman–Crippen LogP) is 2.82. The highest BCUT2D eigenvalue weighted by molar-refractivity contribution is 9.10. The third kappa shape index (κ3) is 1.70. The Morgan fingerprint density at radius 3 is 3.12 bits per heavy atom. The van der Waals surface area contributed by atoms with Crippen molar-refractivity contribution < 1.29 is 14.3 Å². The average Bonchev–Trinajstić information content (AvgIpc) is 2.30. The van der Waals surface area contributed by atoms with Gasteiger partial charge in [-0.3, -0.25) is 4.79 Å². The summed E-state index contributed by atoms with van der Waals surface area (Å²) in [7, 11) is 0. The van der Waals surface area contributed by atoms with Gasteiger partial charge in [-0.05, 0) is 25.1 Å². The third-order valence-corrected chi connectivity index (χ3v) is 4.12. The van der Waals surface area contributed by atoms with E-state index in [1.165, 1.54) is 0 Å². The SMILES string of the molecule is C[C@]12CCOC[C@@H]1C(=O)c1cc(Br)ccc1O2. The zero-order valence-corrected chi connectivity index (χ0v) is 11.1. The molecule has 2 aliphatic heterocycles. The van der Waals surface area contributed by atoms with Gasteiger partial charge in [0.2, 0.25) is 0 Å². The van der Waals surface area contributed by atoms with Crippen LogP contribution < -0.4 is 4.74 Å². The molecule has 0 bridgehead atoms. The maximum atomic E-state index is 12.4. The fourth-order valence-electron chi connectivity index (χ4n) is 2.52. The molecule has 1 aromatic carbocycles. The largest absolute Gasteiger partial charge is 0.486 e. The maximum Gasteiger partial charge on any atom is 0.176 e. The molecule has 3 rings (SSSR count). The van der Waals surface area contributed by atoms with Gasteiger partial charge in [0.05, 0.1) is 24.7 Å². The maximum absolute atomic E-state index is 12.4. The molecule has 0 aliphatic carbocycles. The number of ketones is 1. The second kappa shape index (κ2) is 3.82. The Labute approximate surface area is 108 Å². The van der Waals surface area contributed by atoms with E-state index in [-0.39, 0.29) is 11.7 Å². The normalized spacial score (nSPS) is 31.4. The van der Waals surface area contributed by atoms with Crippen LogP contribution in [0.2, 0.25) is 0 Å². The number of Topliss-reactive ketones (excluding diaryl/α,β-unsaturated/α-hetero) is 1. The van der Waals surface area contributed by atoms with Gasteiger partial charge in [-0.2, -0.15) is 0 Å². The number of carbonyl (C=O) groups excluding carboxylic acids is 1. The summed E-state index contributed by atoms with van der Waals surface area (Å²) in [4.78, 5) is 12.4. The van der Waals surface area contributed by atoms with E-state index < -0.39 is 5.60 Å². The molecule has 0 radical (unpaired) electrons. The Hall–Kier alpha value is -0.870. The van der Waals surface area contributed by atoms with Crippen molar-refractivity contribution in [1.82, 2.24) is 0 Å². The van der Waals surface area contributed by atoms with E-state index >= 15 is 0 Å². The van der Waals surface area contributed by atoms with Gasteiger partial charge in [-0.25, -0.2) is 0 Å². The van der Waals surface area contributed by atoms with Crippen LogP contribution in [0, 0.1) is 5.92 Å². The lowest BCUT2D eigenvalue weighted by Crippen LogP contribution is -2.53. The molecule has 0 unspecified atom stereocenters. The molecule has 0 saturated carbocycles. The van der Waals surface area contributed by atoms with E-state index in [1.54, 1.807) is 0 Å². The van der Waals surface area contributed by atoms with Gasteiger partial charge in [-0.1, -0.05) is 15.9 Å². The second-order valence-corrected chi connectivity index (χ2v) is 5.71. The summed E-state index contributed by atoms with van der Waals surface area (Å²) in [5, 5.41) is 0. The van der Waals surface area contributed by atoms with Gasteiger partial charge in [0.25, 0.3) is 0 Å². The molecule has 2 atom stereocenters. The number of halogens is 1. The van der Waals surface area contributed by atoms with Gasteiger partial charge in [0, 0.05) is 10.9 Å². The fraction of sp³-hybridized carbons (Fsp3) is 0.462. The van der Waals surface area contributed by atoms with Crippen molar-refractivity contribution >= 4 is 21.7 Å². The van der Waals surface area contributed by atoms with Crippen LogP contribution in [0.1, 0.15) is 23.7 Å². The molecule has 0 amide bonds. The van der Waals surface area contributed by atoms with E-state index in [2.05, 4.69) is 15.9 Å². The van der Waals surface area contributed by atoms with E-state index in [0.29, 0.717) is 24.5 Å². The summed E-state index contributed by atoms with van der Waals surface area (Å²) >= 11 is 3.38. The van der Waals surface area contributed by atoms with Crippen molar-refractivity contribution in [2.24, 2.45) is 5.92 Å². The molecule has 17 heavy (non-hydrogen) atoms. The van der Waals surface area contributed by atoms with Crippen molar-refractivity contribution in [1.29, 1.82) is 0 Å². The van der Waals surface area contributed by atoms with Gasteiger partial charge in [-0.15, -0.1) is 0 Å². The smallest absolute Gasteiger partial charge is 0.176 e. The van der Waals surface area contributed by atoms with Crippen molar-refractivity contribution in [3.8, 4) is 5.75 Å². The third-order valence-electron chi connectivity index (χ3n) is 3.63. The Balaban J connectivity index is 2.09. The molecule has 90 valence electrons. The predicted molar refractivity (Wildman–Crippen MR) is 66.4 cm³/mol. The van der Waals surface area contributed by atoms with E-state index in [1.807, 2.05) is 25.1 Å². The zero-order chi connectivity index (χ0) is 12.0. The topological polar surface area (TPSA) is 35.5 Å². The first-order chi connectivity index (χ1) is 8.10. The molecule has 1 saturated heterocycles. The molecule has 0 N–H and O–H groups in total. The number of ether oxygens (including phenoxy) is 2. The quantitative estimate of drug-likeness (QED) is 0.738. The standard InChI is InChI=1S/C13H13BrO3/c1-13-4-5-16-7-10(13)12(15)9-6-8(14)2-3-11(9)17-13/h2-3,6,10H,4-5,7H2,1H3/t10-,13+/m1/s1. The first-order valence-electron chi connectivity index (χ1n) is 5.71. The highest BCUT2D eigenvalue weighted by Gasteiger charge is 2.48. The summed E-state index contributed by atoms with van der Waals surface area (Å²) in [6.07, 6.45) is 0.763. The van der Waals surface area contributed by atoms with Crippen LogP contribution in [0.15, 0.2) is 22.7 Å². The Bertz CT molecular complexity index is 486. The van der Waals surface area contributed by atoms with Gasteiger partial charge in [0.1, 0.15) is 11.4 Å². The van der Waals surface area contributed by atoms with Gasteiger partial charge in [0.15, 0.2) is 5.78 Å². The number of hydrogen-bond donors (Lipinski definition) is 0. The van der Waals surface area contributed by atoms with Crippen LogP contribution in [-0.4, -0.2) is 24.6 Å². The number of fused-ring (bicyclic) bond motifs is 2. The van der Waals surface area contributed by atoms with E-state index in [0.717, 1.165) is 10.9 Å². The lowest BCUT2D eigenvalue weighted by Gasteiger charge is -2.44. The minimum Gasteiger partial charge on any atom is -0.486 e. The van der Waals surface area contributed by atoms with Crippen LogP contribution >= 0.6 is 15.9 Å². The lowest BCUT2D eigenvalue weighted by molar-refractivity contribution is -0.0769. The Morgan fingerprint density at radius 1 is 1.47 bits per heavy atom. The molecule has 0 spiro atoms. The highest BCUT2D eigenvalue weighted by atomic mass is 79.9. The molecule has 2 aliphatic rings. The van der Waals surface area contributed by atoms with Crippen LogP contribution in [0.3, 0.4) is 0 Å². The van der Waals surface area contributed by atoms with Crippen molar-refractivity contribution in [2.75, 3.05) is 13.2 Å². The van der Waals surface area contributed by atoms with E-state index in [4.69, 9.17) is 9.47 Å². The molecule has 1 fully saturated rings. The summed E-state index contributed by atoms with van der Waals surface area (Å²) in [6.45, 7) is 3.12. The van der Waals surface area contributed by atoms with Crippen molar-refractivity contribution in [3.05, 3.63) is 28.2 Å². The number of rotatable bonds is 0. The monoisotopic (exact) mass is 296 g/mol. The number of hydrogen-bond acceptors (Lipinski definition) is 3. The highest BCUT2D eigenvalue weighted by Crippen LogP contribution is 2.41. The first-order valence-corrected chi connectivity index (χ1v) is 6.50. The molecule has 4 heteroatoms. The van der Waals surface area contributed by atoms with Crippen LogP contribution in [0.4, 0.5) is 0 Å². The molecule has 3 nitrogen and oxygen atoms in total. The summed E-state index contributed by atoms with van der Waals surface area (Å²) in [6, 6.07) is 5.58. The molecular formula is C13H13BrO3. The van der Waals surface area contributed by atoms with Crippen LogP contribution in [0.5, 0.6) is 5.75 Å². The number of carbonyl (C=O) groups is 1. The van der Waals surface area contributed by atoms with Crippen molar-refractivity contribution in [3.63, 3.8) is 0 Å². The van der Waals surface area contributed by atoms with Crippen LogP contribution in [-0.2, 0) is 4.74 Å². The minimum atomic E-state index is -0.407. The second-order valence-electron chi connectivity index (χ2n) is 4.80. The summed E-state index contributed by atoms with van der Waals surface area (Å²) in [5.74, 6) is 0.645. The van der Waals surface area contributed by atoms with E-state index in [9.17, 15) is 4.79 Å². The lowest BCUT2D eigenvalue weighted by atomic mass is 9.77. The summed E-state index contributed by atoms with van der Waals surface area (Å²) in [5.41, 5.74) is 0.253. The van der Waals surface area contributed by atoms with Crippen molar-refractivity contribution in [2.45, 2.75) is 18.9 Å². The summed E-state index contributed by atoms with van der Waals surface area (Å²) < 4.78 is 12.3. The fourth-order valence-corrected chi connectivity index (χ4v) is 2.89. The minimum absolute atomic E-state index is 0.134.